The number of ether oxygens (including phenoxy) is 1. The van der Waals surface area contributed by atoms with Crippen LogP contribution in [0.15, 0.2) is 27.7 Å². The summed E-state index contributed by atoms with van der Waals surface area (Å²) < 4.78 is 11.1. The first-order valence-electron chi connectivity index (χ1n) is 8.65. The lowest BCUT2D eigenvalue weighted by Gasteiger charge is -2.10. The molecule has 7 nitrogen and oxygen atoms in total. The normalized spacial score (nSPS) is 11.4. The Balaban J connectivity index is 1.91. The molecule has 7 heteroatoms. The molecule has 0 saturated carbocycles. The number of pyridine rings is 1. The molecule has 0 bridgehead atoms. The number of aliphatic imine (C=N–C) groups is 1. The highest BCUT2D eigenvalue weighted by atomic mass is 16.5. The molecule has 0 aliphatic carbocycles. The number of aryl methyl sites for hydroxylation is 2. The van der Waals surface area contributed by atoms with Gasteiger partial charge in [-0.05, 0) is 32.8 Å². The van der Waals surface area contributed by atoms with Gasteiger partial charge in [-0.15, -0.1) is 0 Å². The predicted octanol–water partition coefficient (Wildman–Crippen LogP) is 2.73. The van der Waals surface area contributed by atoms with Crippen molar-refractivity contribution >= 4 is 5.96 Å². The first-order valence-corrected chi connectivity index (χ1v) is 8.65. The van der Waals surface area contributed by atoms with E-state index in [4.69, 9.17) is 9.15 Å². The molecule has 0 radical (unpaired) electrons. The largest absolute Gasteiger partial charge is 0.478 e. The van der Waals surface area contributed by atoms with Crippen LogP contribution in [0, 0.1) is 13.8 Å². The van der Waals surface area contributed by atoms with Crippen LogP contribution >= 0.6 is 0 Å². The molecule has 2 rings (SSSR count). The third-order valence-corrected chi connectivity index (χ3v) is 3.50. The van der Waals surface area contributed by atoms with E-state index in [2.05, 4.69) is 32.5 Å². The van der Waals surface area contributed by atoms with Crippen LogP contribution in [0.3, 0.4) is 0 Å². The van der Waals surface area contributed by atoms with Gasteiger partial charge in [0.25, 0.3) is 0 Å². The minimum absolute atomic E-state index is 0.489. The molecule has 2 heterocycles. The van der Waals surface area contributed by atoms with E-state index >= 15 is 0 Å². The van der Waals surface area contributed by atoms with E-state index in [1.165, 1.54) is 0 Å². The number of hydrogen-bond donors (Lipinski definition) is 2. The molecular formula is C18H27N5O2. The Morgan fingerprint density at radius 1 is 1.24 bits per heavy atom. The number of nitrogens with zero attached hydrogens (tertiary/aromatic N) is 3. The van der Waals surface area contributed by atoms with Gasteiger partial charge in [0.05, 0.1) is 25.4 Å². The van der Waals surface area contributed by atoms with E-state index in [0.717, 1.165) is 30.0 Å². The summed E-state index contributed by atoms with van der Waals surface area (Å²) >= 11 is 0. The van der Waals surface area contributed by atoms with Crippen molar-refractivity contribution in [2.24, 2.45) is 4.99 Å². The average Bonchev–Trinajstić information content (AvgIpc) is 2.94. The molecule has 0 aliphatic heterocycles. The first kappa shape index (κ1) is 18.8. The zero-order valence-corrected chi connectivity index (χ0v) is 15.4. The van der Waals surface area contributed by atoms with E-state index < -0.39 is 0 Å². The fraction of sp³-hybridized carbons (Fsp3) is 0.500. The Morgan fingerprint density at radius 2 is 2.08 bits per heavy atom. The van der Waals surface area contributed by atoms with Gasteiger partial charge in [-0.25, -0.2) is 15.0 Å². The summed E-state index contributed by atoms with van der Waals surface area (Å²) in [5.41, 5.74) is 1.93. The maximum Gasteiger partial charge on any atom is 0.214 e. The zero-order chi connectivity index (χ0) is 18.1. The van der Waals surface area contributed by atoms with Crippen LogP contribution in [0.2, 0.25) is 0 Å². The maximum atomic E-state index is 5.57. The lowest BCUT2D eigenvalue weighted by atomic mass is 10.3. The minimum Gasteiger partial charge on any atom is -0.478 e. The van der Waals surface area contributed by atoms with Crippen molar-refractivity contribution < 1.29 is 9.15 Å². The van der Waals surface area contributed by atoms with Gasteiger partial charge in [0.15, 0.2) is 5.96 Å². The Labute approximate surface area is 148 Å². The van der Waals surface area contributed by atoms with Crippen molar-refractivity contribution in [2.45, 2.75) is 47.2 Å². The van der Waals surface area contributed by atoms with Crippen molar-refractivity contribution in [1.29, 1.82) is 0 Å². The predicted molar refractivity (Wildman–Crippen MR) is 97.7 cm³/mol. The highest BCUT2D eigenvalue weighted by molar-refractivity contribution is 5.79. The second kappa shape index (κ2) is 9.66. The number of nitrogens with one attached hydrogen (secondary N) is 2. The molecule has 0 aromatic carbocycles. The van der Waals surface area contributed by atoms with Crippen molar-refractivity contribution in [2.75, 3.05) is 13.2 Å². The molecule has 0 atom stereocenters. The van der Waals surface area contributed by atoms with Gasteiger partial charge in [0, 0.05) is 18.8 Å². The SMILES string of the molecule is CCCOc1ccc(CN=C(NCC)NCc2nc(C)c(C)o2)cn1. The number of aromatic nitrogens is 2. The lowest BCUT2D eigenvalue weighted by molar-refractivity contribution is 0.305. The number of hydrogen-bond acceptors (Lipinski definition) is 5. The van der Waals surface area contributed by atoms with E-state index in [9.17, 15) is 0 Å². The number of rotatable bonds is 8. The highest BCUT2D eigenvalue weighted by Gasteiger charge is 2.06. The summed E-state index contributed by atoms with van der Waals surface area (Å²) in [7, 11) is 0. The quantitative estimate of drug-likeness (QED) is 0.565. The second-order valence-corrected chi connectivity index (χ2v) is 5.65. The van der Waals surface area contributed by atoms with Gasteiger partial charge in [-0.2, -0.15) is 0 Å². The molecule has 0 saturated heterocycles. The molecule has 2 aromatic rings. The first-order chi connectivity index (χ1) is 12.1. The number of oxazole rings is 1. The fourth-order valence-electron chi connectivity index (χ4n) is 2.08. The van der Waals surface area contributed by atoms with Crippen LogP contribution in [-0.4, -0.2) is 29.1 Å². The summed E-state index contributed by atoms with van der Waals surface area (Å²) in [6.45, 7) is 10.4. The maximum absolute atomic E-state index is 5.57. The van der Waals surface area contributed by atoms with Gasteiger partial charge >= 0.3 is 0 Å². The van der Waals surface area contributed by atoms with Gasteiger partial charge in [0.2, 0.25) is 11.8 Å². The van der Waals surface area contributed by atoms with Crippen molar-refractivity contribution in [1.82, 2.24) is 20.6 Å². The summed E-state index contributed by atoms with van der Waals surface area (Å²) in [6.07, 6.45) is 2.76. The van der Waals surface area contributed by atoms with Crippen molar-refractivity contribution in [3.8, 4) is 5.88 Å². The zero-order valence-electron chi connectivity index (χ0n) is 15.4. The lowest BCUT2D eigenvalue weighted by Crippen LogP contribution is -2.36. The highest BCUT2D eigenvalue weighted by Crippen LogP contribution is 2.09. The van der Waals surface area contributed by atoms with Crippen LogP contribution in [0.1, 0.15) is 43.2 Å². The molecular weight excluding hydrogens is 318 g/mol. The molecule has 2 aromatic heterocycles. The van der Waals surface area contributed by atoms with Gasteiger partial charge < -0.3 is 19.8 Å². The number of guanidine groups is 1. The van der Waals surface area contributed by atoms with Crippen LogP contribution in [0.25, 0.3) is 0 Å². The molecule has 0 fully saturated rings. The van der Waals surface area contributed by atoms with Crippen LogP contribution in [0.4, 0.5) is 0 Å². The van der Waals surface area contributed by atoms with Crippen LogP contribution < -0.4 is 15.4 Å². The third-order valence-electron chi connectivity index (χ3n) is 3.50. The molecule has 25 heavy (non-hydrogen) atoms. The summed E-state index contributed by atoms with van der Waals surface area (Å²) in [5, 5.41) is 6.43. The minimum atomic E-state index is 0.489. The third kappa shape index (κ3) is 6.10. The molecule has 0 spiro atoms. The molecule has 0 aliphatic rings. The molecule has 136 valence electrons. The Morgan fingerprint density at radius 3 is 2.68 bits per heavy atom. The van der Waals surface area contributed by atoms with Crippen LogP contribution in [0.5, 0.6) is 5.88 Å². The Bertz CT molecular complexity index is 660. The monoisotopic (exact) mass is 345 g/mol. The van der Waals surface area contributed by atoms with E-state index in [1.54, 1.807) is 6.20 Å². The van der Waals surface area contributed by atoms with Gasteiger partial charge in [-0.3, -0.25) is 0 Å². The van der Waals surface area contributed by atoms with E-state index in [1.807, 2.05) is 32.9 Å². The van der Waals surface area contributed by atoms with E-state index in [0.29, 0.717) is 37.4 Å². The Kier molecular flexibility index (Phi) is 7.25. The topological polar surface area (TPSA) is 84.6 Å². The van der Waals surface area contributed by atoms with Crippen molar-refractivity contribution in [3.63, 3.8) is 0 Å². The summed E-state index contributed by atoms with van der Waals surface area (Å²) in [5.74, 6) is 2.85. The Hall–Kier alpha value is -2.57. The second-order valence-electron chi connectivity index (χ2n) is 5.65. The van der Waals surface area contributed by atoms with E-state index in [-0.39, 0.29) is 0 Å². The smallest absolute Gasteiger partial charge is 0.214 e. The fourth-order valence-corrected chi connectivity index (χ4v) is 2.08. The molecule has 0 amide bonds. The molecule has 0 unspecified atom stereocenters. The standard InChI is InChI=1S/C18H27N5O2/c1-5-9-24-16-8-7-15(10-20-16)11-21-18(19-6-2)22-12-17-23-13(3)14(4)25-17/h7-8,10H,5-6,9,11-12H2,1-4H3,(H2,19,21,22). The van der Waals surface area contributed by atoms with Gasteiger partial charge in [-0.1, -0.05) is 13.0 Å². The summed E-state index contributed by atoms with van der Waals surface area (Å²) in [4.78, 5) is 13.2. The van der Waals surface area contributed by atoms with Crippen molar-refractivity contribution in [3.05, 3.63) is 41.2 Å². The van der Waals surface area contributed by atoms with Crippen LogP contribution in [-0.2, 0) is 13.1 Å². The van der Waals surface area contributed by atoms with Gasteiger partial charge in [0.1, 0.15) is 5.76 Å². The average molecular weight is 345 g/mol. The molecule has 2 N–H and O–H groups in total. The summed E-state index contributed by atoms with van der Waals surface area (Å²) in [6, 6.07) is 3.85.